The van der Waals surface area contributed by atoms with E-state index < -0.39 is 0 Å². The van der Waals surface area contributed by atoms with E-state index >= 15 is 0 Å². The van der Waals surface area contributed by atoms with Crippen LogP contribution in [0.4, 0.5) is 5.82 Å². The smallest absolute Gasteiger partial charge is 0.163 e. The van der Waals surface area contributed by atoms with E-state index in [0.717, 1.165) is 30.0 Å². The van der Waals surface area contributed by atoms with Crippen LogP contribution < -0.4 is 11.3 Å². The summed E-state index contributed by atoms with van der Waals surface area (Å²) >= 11 is 0. The normalized spacial score (nSPS) is 19.0. The summed E-state index contributed by atoms with van der Waals surface area (Å²) in [6, 6.07) is 0. The number of hydrogen-bond acceptors (Lipinski definition) is 7. The highest BCUT2D eigenvalue weighted by atomic mass is 16.5. The van der Waals surface area contributed by atoms with E-state index in [-0.39, 0.29) is 5.54 Å². The Morgan fingerprint density at radius 2 is 2.24 bits per heavy atom. The second-order valence-corrected chi connectivity index (χ2v) is 5.92. The average molecular weight is 291 g/mol. The number of aromatic nitrogens is 4. The van der Waals surface area contributed by atoms with Gasteiger partial charge in [-0.05, 0) is 13.8 Å². The van der Waals surface area contributed by atoms with Crippen LogP contribution in [0.15, 0.2) is 6.20 Å². The third kappa shape index (κ3) is 2.57. The number of rotatable bonds is 3. The summed E-state index contributed by atoms with van der Waals surface area (Å²) in [6.07, 6.45) is 1.72. The number of nitrogen functional groups attached to an aromatic ring is 1. The van der Waals surface area contributed by atoms with Gasteiger partial charge in [0, 0.05) is 19.1 Å². The number of morpholine rings is 1. The second-order valence-electron chi connectivity index (χ2n) is 5.92. The lowest BCUT2D eigenvalue weighted by Gasteiger charge is -2.41. The molecule has 8 nitrogen and oxygen atoms in total. The molecule has 3 heterocycles. The van der Waals surface area contributed by atoms with Gasteiger partial charge in [-0.1, -0.05) is 0 Å². The molecule has 21 heavy (non-hydrogen) atoms. The van der Waals surface area contributed by atoms with E-state index in [4.69, 9.17) is 10.6 Å². The minimum Gasteiger partial charge on any atom is -0.378 e. The number of hydrazine groups is 1. The van der Waals surface area contributed by atoms with Crippen molar-refractivity contribution in [3.05, 3.63) is 12.0 Å². The molecular weight excluding hydrogens is 270 g/mol. The minimum absolute atomic E-state index is 0.0284. The molecule has 1 saturated heterocycles. The Bertz CT molecular complexity index is 651. The van der Waals surface area contributed by atoms with Crippen LogP contribution in [0, 0.1) is 0 Å². The monoisotopic (exact) mass is 291 g/mol. The molecule has 8 heteroatoms. The lowest BCUT2D eigenvalue weighted by atomic mass is 10.0. The first-order chi connectivity index (χ1) is 10.0. The van der Waals surface area contributed by atoms with Crippen LogP contribution in [-0.4, -0.2) is 49.9 Å². The molecule has 0 amide bonds. The predicted octanol–water partition coefficient (Wildman–Crippen LogP) is 0.260. The third-order valence-electron chi connectivity index (χ3n) is 3.92. The van der Waals surface area contributed by atoms with Crippen LogP contribution in [0.1, 0.15) is 19.7 Å². The van der Waals surface area contributed by atoms with Gasteiger partial charge in [0.1, 0.15) is 5.82 Å². The fraction of sp³-hybridized carbons (Fsp3) is 0.615. The number of nitrogens with two attached hydrogens (primary N) is 1. The van der Waals surface area contributed by atoms with Crippen molar-refractivity contribution in [2.24, 2.45) is 12.9 Å². The van der Waals surface area contributed by atoms with Crippen molar-refractivity contribution in [1.29, 1.82) is 0 Å². The molecule has 3 rings (SSSR count). The zero-order valence-electron chi connectivity index (χ0n) is 12.6. The Labute approximate surface area is 123 Å². The molecule has 0 aromatic carbocycles. The topological polar surface area (TPSA) is 94.1 Å². The zero-order valence-corrected chi connectivity index (χ0v) is 12.6. The fourth-order valence-electron chi connectivity index (χ4n) is 2.60. The molecule has 0 atom stereocenters. The molecule has 2 aromatic rings. The maximum atomic E-state index is 5.57. The van der Waals surface area contributed by atoms with Crippen LogP contribution in [0.25, 0.3) is 11.0 Å². The molecule has 0 radical (unpaired) electrons. The molecular formula is C13H21N7O. The van der Waals surface area contributed by atoms with Crippen molar-refractivity contribution in [2.75, 3.05) is 25.2 Å². The highest BCUT2D eigenvalue weighted by Gasteiger charge is 2.31. The van der Waals surface area contributed by atoms with Crippen LogP contribution in [0.5, 0.6) is 0 Å². The first-order valence-corrected chi connectivity index (χ1v) is 6.99. The minimum atomic E-state index is -0.0284. The molecule has 0 bridgehead atoms. The Balaban J connectivity index is 1.95. The fourth-order valence-corrected chi connectivity index (χ4v) is 2.60. The number of hydrogen-bond donors (Lipinski definition) is 2. The molecule has 114 valence electrons. The molecule has 0 saturated carbocycles. The number of aryl methyl sites for hydroxylation is 1. The molecule has 1 aliphatic heterocycles. The van der Waals surface area contributed by atoms with Gasteiger partial charge < -0.3 is 10.2 Å². The number of nitrogens with zero attached hydrogens (tertiary/aromatic N) is 5. The molecule has 0 spiro atoms. The number of fused-ring (bicyclic) bond motifs is 1. The summed E-state index contributed by atoms with van der Waals surface area (Å²) in [7, 11) is 1.86. The number of ether oxygens (including phenoxy) is 1. The lowest BCUT2D eigenvalue weighted by molar-refractivity contribution is -0.0562. The average Bonchev–Trinajstić information content (AvgIpc) is 2.82. The summed E-state index contributed by atoms with van der Waals surface area (Å²) in [5.74, 6) is 6.91. The lowest BCUT2D eigenvalue weighted by Crippen LogP contribution is -2.52. The van der Waals surface area contributed by atoms with Crippen LogP contribution in [0.2, 0.25) is 0 Å². The van der Waals surface area contributed by atoms with E-state index in [2.05, 4.69) is 39.2 Å². The molecule has 2 aromatic heterocycles. The Morgan fingerprint density at radius 1 is 1.43 bits per heavy atom. The van der Waals surface area contributed by atoms with Crippen LogP contribution in [0.3, 0.4) is 0 Å². The summed E-state index contributed by atoms with van der Waals surface area (Å²) in [5, 5.41) is 5.03. The van der Waals surface area contributed by atoms with Crippen molar-refractivity contribution in [3.63, 3.8) is 0 Å². The van der Waals surface area contributed by atoms with Gasteiger partial charge in [0.05, 0.1) is 31.3 Å². The van der Waals surface area contributed by atoms with Crippen LogP contribution in [-0.2, 0) is 18.3 Å². The maximum Gasteiger partial charge on any atom is 0.163 e. The van der Waals surface area contributed by atoms with Gasteiger partial charge in [0.2, 0.25) is 0 Å². The Morgan fingerprint density at radius 3 is 2.95 bits per heavy atom. The van der Waals surface area contributed by atoms with Gasteiger partial charge in [0.25, 0.3) is 0 Å². The predicted molar refractivity (Wildman–Crippen MR) is 79.4 cm³/mol. The first-order valence-electron chi connectivity index (χ1n) is 6.99. The molecule has 1 aliphatic rings. The van der Waals surface area contributed by atoms with Gasteiger partial charge in [-0.2, -0.15) is 5.10 Å². The van der Waals surface area contributed by atoms with E-state index in [1.165, 1.54) is 0 Å². The van der Waals surface area contributed by atoms with Gasteiger partial charge in [-0.25, -0.2) is 15.8 Å². The van der Waals surface area contributed by atoms with E-state index in [0.29, 0.717) is 19.0 Å². The molecule has 0 unspecified atom stereocenters. The standard InChI is InChI=1S/C13H21N7O/c1-13(2)8-21-5-4-20(13)7-10-16-11(18-14)9-6-15-19(3)12(9)17-10/h6H,4-5,7-8,14H2,1-3H3,(H,16,17,18). The number of nitrogens with one attached hydrogen (secondary N) is 1. The molecule has 0 aliphatic carbocycles. The summed E-state index contributed by atoms with van der Waals surface area (Å²) in [5.41, 5.74) is 3.38. The highest BCUT2D eigenvalue weighted by molar-refractivity contribution is 5.86. The van der Waals surface area contributed by atoms with Gasteiger partial charge in [0.15, 0.2) is 11.5 Å². The van der Waals surface area contributed by atoms with Gasteiger partial charge in [-0.15, -0.1) is 0 Å². The van der Waals surface area contributed by atoms with Crippen molar-refractivity contribution in [3.8, 4) is 0 Å². The summed E-state index contributed by atoms with van der Waals surface area (Å²) in [4.78, 5) is 11.5. The largest absolute Gasteiger partial charge is 0.378 e. The van der Waals surface area contributed by atoms with E-state index in [9.17, 15) is 0 Å². The second kappa shape index (κ2) is 5.21. The SMILES string of the molecule is Cn1ncc2c(NN)nc(CN3CCOCC3(C)C)nc21. The Kier molecular flexibility index (Phi) is 3.52. The van der Waals surface area contributed by atoms with Crippen molar-refractivity contribution in [1.82, 2.24) is 24.6 Å². The van der Waals surface area contributed by atoms with Gasteiger partial charge in [-0.3, -0.25) is 9.58 Å². The highest BCUT2D eigenvalue weighted by Crippen LogP contribution is 2.23. The van der Waals surface area contributed by atoms with E-state index in [1.54, 1.807) is 10.9 Å². The number of anilines is 1. The third-order valence-corrected chi connectivity index (χ3v) is 3.92. The zero-order chi connectivity index (χ0) is 15.0. The maximum absolute atomic E-state index is 5.57. The summed E-state index contributed by atoms with van der Waals surface area (Å²) < 4.78 is 7.27. The van der Waals surface area contributed by atoms with Crippen molar-refractivity contribution >= 4 is 16.9 Å². The molecule has 1 fully saturated rings. The Hall–Kier alpha value is -1.77. The van der Waals surface area contributed by atoms with Crippen molar-refractivity contribution in [2.45, 2.75) is 25.9 Å². The molecule has 3 N–H and O–H groups in total. The van der Waals surface area contributed by atoms with Gasteiger partial charge >= 0.3 is 0 Å². The van der Waals surface area contributed by atoms with Crippen molar-refractivity contribution < 1.29 is 4.74 Å². The first kappa shape index (κ1) is 14.2. The van der Waals surface area contributed by atoms with Crippen LogP contribution >= 0.6 is 0 Å². The van der Waals surface area contributed by atoms with E-state index in [1.807, 2.05) is 7.05 Å². The quantitative estimate of drug-likeness (QED) is 0.618. The summed E-state index contributed by atoms with van der Waals surface area (Å²) in [6.45, 7) is 7.30.